The number of carbonyl (C=O) groups excluding carboxylic acids is 1. The van der Waals surface area contributed by atoms with Crippen LogP contribution in [0.4, 0.5) is 4.39 Å². The normalized spacial score (nSPS) is 23.1. The van der Waals surface area contributed by atoms with Crippen LogP contribution in [0.15, 0.2) is 16.9 Å². The van der Waals surface area contributed by atoms with Crippen LogP contribution in [-0.4, -0.2) is 56.9 Å². The van der Waals surface area contributed by atoms with Crippen LogP contribution in [0, 0.1) is 12.7 Å². The molecule has 7 rings (SSSR count). The summed E-state index contributed by atoms with van der Waals surface area (Å²) in [6, 6.07) is 3.24. The van der Waals surface area contributed by atoms with Crippen molar-refractivity contribution in [1.82, 2.24) is 14.5 Å². The number of aliphatic hydroxyl groups excluding tert-OH is 1. The van der Waals surface area contributed by atoms with Gasteiger partial charge in [0.25, 0.3) is 5.56 Å². The summed E-state index contributed by atoms with van der Waals surface area (Å²) < 4.78 is 22.0. The predicted octanol–water partition coefficient (Wildman–Crippen LogP) is 2.80. The summed E-state index contributed by atoms with van der Waals surface area (Å²) in [5, 5.41) is 21.7. The molecule has 9 heteroatoms. The minimum atomic E-state index is -1.90. The van der Waals surface area contributed by atoms with E-state index >= 15 is 4.39 Å². The Morgan fingerprint density at radius 1 is 1.13 bits per heavy atom. The van der Waals surface area contributed by atoms with Crippen LogP contribution in [0.25, 0.3) is 22.3 Å². The lowest BCUT2D eigenvalue weighted by Gasteiger charge is -2.46. The van der Waals surface area contributed by atoms with Crippen LogP contribution in [-0.2, 0) is 40.1 Å². The highest BCUT2D eigenvalue weighted by Gasteiger charge is 2.47. The fourth-order valence-corrected chi connectivity index (χ4v) is 7.62. The van der Waals surface area contributed by atoms with Gasteiger partial charge in [-0.1, -0.05) is 6.92 Å². The zero-order valence-electron chi connectivity index (χ0n) is 22.3. The second kappa shape index (κ2) is 8.43. The fourth-order valence-electron chi connectivity index (χ4n) is 7.62. The summed E-state index contributed by atoms with van der Waals surface area (Å²) in [4.78, 5) is 33.6. The minimum absolute atomic E-state index is 0.0757. The molecule has 8 nitrogen and oxygen atoms in total. The van der Waals surface area contributed by atoms with Gasteiger partial charge < -0.3 is 24.4 Å². The molecular weight excluding hydrogens is 501 g/mol. The molecule has 0 radical (unpaired) electrons. The highest BCUT2D eigenvalue weighted by Crippen LogP contribution is 2.52. The van der Waals surface area contributed by atoms with Crippen molar-refractivity contribution in [1.29, 1.82) is 0 Å². The van der Waals surface area contributed by atoms with Crippen molar-refractivity contribution in [2.75, 3.05) is 26.2 Å². The van der Waals surface area contributed by atoms with Gasteiger partial charge in [-0.05, 0) is 80.3 Å². The van der Waals surface area contributed by atoms with Crippen molar-refractivity contribution in [2.45, 2.75) is 70.1 Å². The summed E-state index contributed by atoms with van der Waals surface area (Å²) in [5.74, 6) is -1.04. The Kier molecular flexibility index (Phi) is 5.37. The van der Waals surface area contributed by atoms with E-state index in [1.165, 1.54) is 11.6 Å². The number of aliphatic hydroxyl groups is 2. The molecule has 1 saturated heterocycles. The number of hydrogen-bond acceptors (Lipinski definition) is 7. The van der Waals surface area contributed by atoms with E-state index in [0.717, 1.165) is 55.3 Å². The Bertz CT molecular complexity index is 1640. The maximum Gasteiger partial charge on any atom is 0.343 e. The maximum atomic E-state index is 15.1. The van der Waals surface area contributed by atoms with E-state index in [0.29, 0.717) is 41.1 Å². The van der Waals surface area contributed by atoms with Crippen molar-refractivity contribution in [3.05, 3.63) is 61.7 Å². The largest absolute Gasteiger partial charge is 0.458 e. The van der Waals surface area contributed by atoms with Gasteiger partial charge in [0.1, 0.15) is 12.4 Å². The van der Waals surface area contributed by atoms with Gasteiger partial charge in [0.2, 0.25) is 0 Å². The zero-order chi connectivity index (χ0) is 27.3. The lowest BCUT2D eigenvalue weighted by molar-refractivity contribution is -0.172. The molecule has 0 unspecified atom stereocenters. The quantitative estimate of drug-likeness (QED) is 0.390. The number of likely N-dealkylation sites (tertiary alicyclic amines) is 1. The van der Waals surface area contributed by atoms with Gasteiger partial charge in [-0.25, -0.2) is 14.2 Å². The summed E-state index contributed by atoms with van der Waals surface area (Å²) in [5.41, 5.74) is 3.83. The van der Waals surface area contributed by atoms with Gasteiger partial charge in [0.05, 0.1) is 35.6 Å². The molecule has 0 amide bonds. The average Bonchev–Trinajstić information content (AvgIpc) is 3.30. The number of cyclic esters (lactones) is 1. The third kappa shape index (κ3) is 3.24. The molecule has 2 aromatic heterocycles. The molecule has 1 aromatic carbocycles. The van der Waals surface area contributed by atoms with Gasteiger partial charge in [0, 0.05) is 29.1 Å². The van der Waals surface area contributed by atoms with Gasteiger partial charge in [-0.15, -0.1) is 0 Å². The van der Waals surface area contributed by atoms with Gasteiger partial charge in [-0.3, -0.25) is 4.79 Å². The van der Waals surface area contributed by atoms with Crippen LogP contribution < -0.4 is 5.56 Å². The lowest BCUT2D eigenvalue weighted by Crippen LogP contribution is -2.45. The first-order chi connectivity index (χ1) is 18.7. The van der Waals surface area contributed by atoms with Crippen LogP contribution in [0.2, 0.25) is 0 Å². The van der Waals surface area contributed by atoms with Crippen molar-refractivity contribution in [3.63, 3.8) is 0 Å². The number of aromatic nitrogens is 2. The van der Waals surface area contributed by atoms with Crippen molar-refractivity contribution >= 4 is 16.9 Å². The Morgan fingerprint density at radius 3 is 2.62 bits per heavy atom. The number of β-amino-alcohol motifs (C(OH)–C–C–N with tert-alkyl or cyclic N) is 1. The molecule has 4 aliphatic rings. The molecule has 1 atom stereocenters. The van der Waals surface area contributed by atoms with Crippen LogP contribution in [0.1, 0.15) is 66.0 Å². The third-order valence-electron chi connectivity index (χ3n) is 9.92. The Balaban J connectivity index is 1.50. The van der Waals surface area contributed by atoms with Gasteiger partial charge in [0.15, 0.2) is 5.60 Å². The molecular formula is C30H32FN3O5. The van der Waals surface area contributed by atoms with Crippen LogP contribution in [0.3, 0.4) is 0 Å². The van der Waals surface area contributed by atoms with Gasteiger partial charge in [-0.2, -0.15) is 0 Å². The highest BCUT2D eigenvalue weighted by atomic mass is 19.1. The van der Waals surface area contributed by atoms with Crippen molar-refractivity contribution in [2.24, 2.45) is 0 Å². The number of aryl methyl sites for hydroxylation is 1. The number of pyridine rings is 2. The standard InChI is InChI=1S/C30H32FN3O5/c1-3-30(38)20-12-23-26-18(14-34(23)27(36)19(20)15-39-28(30)37)25-24-17(16(2)21(31)13-22(24)32-26)4-5-29(25)6-8-33(9-7-29)10-11-35/h12-13,35,38H,3-11,14-15H2,1-2H3/t30-/m0/s1. The number of fused-ring (bicyclic) bond motifs is 6. The smallest absolute Gasteiger partial charge is 0.343 e. The van der Waals surface area contributed by atoms with Crippen LogP contribution >= 0.6 is 0 Å². The topological polar surface area (TPSA) is 105 Å². The van der Waals surface area contributed by atoms with E-state index in [2.05, 4.69) is 4.90 Å². The molecule has 2 N–H and O–H groups in total. The third-order valence-corrected chi connectivity index (χ3v) is 9.92. The number of ether oxygens (including phenoxy) is 1. The van der Waals surface area contributed by atoms with E-state index in [1.54, 1.807) is 17.6 Å². The average molecular weight is 534 g/mol. The molecule has 204 valence electrons. The molecule has 1 fully saturated rings. The summed E-state index contributed by atoms with van der Waals surface area (Å²) >= 11 is 0. The Hall–Kier alpha value is -3.14. The predicted molar refractivity (Wildman–Crippen MR) is 142 cm³/mol. The lowest BCUT2D eigenvalue weighted by atomic mass is 9.63. The van der Waals surface area contributed by atoms with E-state index in [9.17, 15) is 19.8 Å². The monoisotopic (exact) mass is 533 g/mol. The highest BCUT2D eigenvalue weighted by molar-refractivity contribution is 5.94. The molecule has 1 aliphatic carbocycles. The number of benzene rings is 1. The molecule has 0 saturated carbocycles. The summed E-state index contributed by atoms with van der Waals surface area (Å²) in [7, 11) is 0. The molecule has 1 spiro atoms. The molecule has 5 heterocycles. The number of nitrogens with zero attached hydrogens (tertiary/aromatic N) is 3. The number of carbonyl (C=O) groups is 1. The maximum absolute atomic E-state index is 15.1. The number of halogens is 1. The molecule has 3 aliphatic heterocycles. The molecule has 39 heavy (non-hydrogen) atoms. The summed E-state index contributed by atoms with van der Waals surface area (Å²) in [6.07, 6.45) is 3.56. The van der Waals surface area contributed by atoms with Crippen molar-refractivity contribution < 1.29 is 24.1 Å². The minimum Gasteiger partial charge on any atom is -0.458 e. The fraction of sp³-hybridized carbons (Fsp3) is 0.500. The first-order valence-electron chi connectivity index (χ1n) is 13.9. The summed E-state index contributed by atoms with van der Waals surface area (Å²) in [6.45, 7) is 6.18. The number of rotatable bonds is 3. The second-order valence-corrected chi connectivity index (χ2v) is 11.6. The van der Waals surface area contributed by atoms with Crippen LogP contribution in [0.5, 0.6) is 0 Å². The zero-order valence-corrected chi connectivity index (χ0v) is 22.3. The number of hydrogen-bond donors (Lipinski definition) is 2. The van der Waals surface area contributed by atoms with E-state index in [4.69, 9.17) is 9.72 Å². The number of esters is 1. The SMILES string of the molecule is CC[C@@]1(O)C(=O)OCc2c1cc1n(c2=O)Cc2c-1nc1cc(F)c(C)c3c1c2C1(CC3)CCN(CCO)CC1. The first-order valence-corrected chi connectivity index (χ1v) is 13.9. The van der Waals surface area contributed by atoms with E-state index in [-0.39, 0.29) is 42.0 Å². The van der Waals surface area contributed by atoms with Gasteiger partial charge >= 0.3 is 5.97 Å². The number of piperidine rings is 1. The molecule has 0 bridgehead atoms. The second-order valence-electron chi connectivity index (χ2n) is 11.6. The van der Waals surface area contributed by atoms with E-state index < -0.39 is 11.6 Å². The molecule has 3 aromatic rings. The Labute approximate surface area is 225 Å². The first kappa shape index (κ1) is 24.9. The Morgan fingerprint density at radius 2 is 1.90 bits per heavy atom. The van der Waals surface area contributed by atoms with E-state index in [1.807, 2.05) is 6.92 Å². The van der Waals surface area contributed by atoms with Crippen molar-refractivity contribution in [3.8, 4) is 11.4 Å².